The van der Waals surface area contributed by atoms with Gasteiger partial charge in [0, 0.05) is 44.1 Å². The smallest absolute Gasteiger partial charge is 0.164 e. The second-order valence-corrected chi connectivity index (χ2v) is 12.0. The number of hydrogen-bond acceptors (Lipinski definition) is 4. The van der Waals surface area contributed by atoms with Crippen LogP contribution in [0.1, 0.15) is 0 Å². The molecular formula is C43H26N4O. The Bertz CT molecular complexity index is 2590. The largest absolute Gasteiger partial charge is 0.456 e. The van der Waals surface area contributed by atoms with Crippen molar-refractivity contribution in [2.45, 2.75) is 0 Å². The normalized spacial score (nSPS) is 11.9. The van der Waals surface area contributed by atoms with Gasteiger partial charge in [-0.1, -0.05) is 115 Å². The first-order valence-electron chi connectivity index (χ1n) is 16.0. The monoisotopic (exact) mass is 614 g/mol. The third kappa shape index (κ3) is 4.08. The molecule has 5 heteroatoms. The summed E-state index contributed by atoms with van der Waals surface area (Å²) in [6.45, 7) is 0. The van der Waals surface area contributed by atoms with E-state index in [1.165, 1.54) is 21.8 Å². The minimum Gasteiger partial charge on any atom is -0.456 e. The number of benzene rings is 7. The Hall–Kier alpha value is -6.59. The van der Waals surface area contributed by atoms with E-state index in [0.717, 1.165) is 55.8 Å². The number of aromatic nitrogens is 4. The summed E-state index contributed by atoms with van der Waals surface area (Å²) in [5.41, 5.74) is 8.42. The van der Waals surface area contributed by atoms with Gasteiger partial charge in [-0.3, -0.25) is 0 Å². The molecule has 0 unspecified atom stereocenters. The SMILES string of the molecule is c1ccc(-c2nc(-c3ccccc3)nc(-c3ccc4c5c(cccc35)-c3cc(-n5c6ccccc6c6ccccc65)ccc3O4)n2)cc1. The summed E-state index contributed by atoms with van der Waals surface area (Å²) in [6, 6.07) is 54.4. The van der Waals surface area contributed by atoms with Crippen molar-refractivity contribution < 1.29 is 4.74 Å². The fourth-order valence-electron chi connectivity index (χ4n) is 7.08. The Morgan fingerprint density at radius 2 is 0.958 bits per heavy atom. The molecule has 0 saturated heterocycles. The van der Waals surface area contributed by atoms with Gasteiger partial charge in [0.1, 0.15) is 11.5 Å². The molecule has 9 aromatic rings. The zero-order valence-electron chi connectivity index (χ0n) is 25.7. The van der Waals surface area contributed by atoms with Crippen LogP contribution in [0.5, 0.6) is 11.5 Å². The maximum atomic E-state index is 6.61. The summed E-state index contributed by atoms with van der Waals surface area (Å²) in [4.78, 5) is 15.0. The summed E-state index contributed by atoms with van der Waals surface area (Å²) >= 11 is 0. The van der Waals surface area contributed by atoms with Gasteiger partial charge in [-0.25, -0.2) is 15.0 Å². The predicted octanol–water partition coefficient (Wildman–Crippen LogP) is 10.9. The van der Waals surface area contributed by atoms with Gasteiger partial charge >= 0.3 is 0 Å². The number of rotatable bonds is 4. The van der Waals surface area contributed by atoms with Crippen LogP contribution in [0.4, 0.5) is 0 Å². The van der Waals surface area contributed by atoms with E-state index in [-0.39, 0.29) is 0 Å². The lowest BCUT2D eigenvalue weighted by molar-refractivity contribution is 0.487. The highest BCUT2D eigenvalue weighted by molar-refractivity contribution is 6.11. The van der Waals surface area contributed by atoms with Crippen molar-refractivity contribution in [2.75, 3.05) is 0 Å². The lowest BCUT2D eigenvalue weighted by atomic mass is 9.92. The van der Waals surface area contributed by atoms with Crippen molar-refractivity contribution >= 4 is 32.6 Å². The minimum atomic E-state index is 0.622. The van der Waals surface area contributed by atoms with Crippen LogP contribution in [-0.4, -0.2) is 19.5 Å². The van der Waals surface area contributed by atoms with E-state index in [1.54, 1.807) is 0 Å². The molecule has 0 saturated carbocycles. The zero-order chi connectivity index (χ0) is 31.6. The molecule has 0 radical (unpaired) electrons. The van der Waals surface area contributed by atoms with Crippen LogP contribution in [0.15, 0.2) is 158 Å². The van der Waals surface area contributed by atoms with Gasteiger partial charge < -0.3 is 9.30 Å². The van der Waals surface area contributed by atoms with E-state index in [2.05, 4.69) is 95.6 Å². The number of nitrogens with zero attached hydrogens (tertiary/aromatic N) is 4. The van der Waals surface area contributed by atoms with E-state index in [4.69, 9.17) is 19.7 Å². The summed E-state index contributed by atoms with van der Waals surface area (Å²) < 4.78 is 8.96. The van der Waals surface area contributed by atoms with Crippen molar-refractivity contribution in [3.8, 4) is 62.5 Å². The maximum Gasteiger partial charge on any atom is 0.164 e. The number of fused-ring (bicyclic) bond motifs is 5. The third-order valence-corrected chi connectivity index (χ3v) is 9.25. The first-order valence-corrected chi connectivity index (χ1v) is 16.0. The molecule has 1 aliphatic rings. The Morgan fingerprint density at radius 3 is 1.62 bits per heavy atom. The first-order chi connectivity index (χ1) is 23.8. The molecular weight excluding hydrogens is 589 g/mol. The first kappa shape index (κ1) is 26.6. The van der Waals surface area contributed by atoms with Crippen LogP contribution >= 0.6 is 0 Å². The Labute approximate surface area is 276 Å². The molecule has 0 N–H and O–H groups in total. The van der Waals surface area contributed by atoms with Gasteiger partial charge in [0.25, 0.3) is 0 Å². The Balaban J connectivity index is 1.18. The quantitative estimate of drug-likeness (QED) is 0.198. The van der Waals surface area contributed by atoms with E-state index in [0.29, 0.717) is 17.5 Å². The second-order valence-electron chi connectivity index (χ2n) is 12.0. The molecule has 224 valence electrons. The highest BCUT2D eigenvalue weighted by Gasteiger charge is 2.24. The van der Waals surface area contributed by atoms with Gasteiger partial charge in [-0.05, 0) is 53.4 Å². The molecule has 1 aliphatic heterocycles. The van der Waals surface area contributed by atoms with Crippen molar-refractivity contribution in [1.29, 1.82) is 0 Å². The second kappa shape index (κ2) is 10.5. The number of hydrogen-bond donors (Lipinski definition) is 0. The fraction of sp³-hybridized carbons (Fsp3) is 0. The maximum absolute atomic E-state index is 6.61. The summed E-state index contributed by atoms with van der Waals surface area (Å²) in [7, 11) is 0. The summed E-state index contributed by atoms with van der Waals surface area (Å²) in [5, 5.41) is 4.55. The van der Waals surface area contributed by atoms with Crippen molar-refractivity contribution in [2.24, 2.45) is 0 Å². The van der Waals surface area contributed by atoms with Crippen LogP contribution < -0.4 is 4.74 Å². The molecule has 0 amide bonds. The van der Waals surface area contributed by atoms with Crippen LogP contribution in [0.25, 0.3) is 83.6 Å². The van der Waals surface area contributed by atoms with Crippen LogP contribution in [0.2, 0.25) is 0 Å². The molecule has 0 spiro atoms. The van der Waals surface area contributed by atoms with Gasteiger partial charge in [-0.15, -0.1) is 0 Å². The zero-order valence-corrected chi connectivity index (χ0v) is 25.7. The summed E-state index contributed by atoms with van der Waals surface area (Å²) in [5.74, 6) is 3.55. The van der Waals surface area contributed by atoms with Gasteiger partial charge in [0.05, 0.1) is 11.0 Å². The molecule has 7 aromatic carbocycles. The van der Waals surface area contributed by atoms with E-state index < -0.39 is 0 Å². The highest BCUT2D eigenvalue weighted by atomic mass is 16.5. The number of ether oxygens (including phenoxy) is 1. The molecule has 0 bridgehead atoms. The predicted molar refractivity (Wildman–Crippen MR) is 193 cm³/mol. The van der Waals surface area contributed by atoms with E-state index >= 15 is 0 Å². The molecule has 2 aromatic heterocycles. The Morgan fingerprint density at radius 1 is 0.396 bits per heavy atom. The molecule has 0 fully saturated rings. The molecule has 0 aliphatic carbocycles. The lowest BCUT2D eigenvalue weighted by Crippen LogP contribution is -2.03. The average Bonchev–Trinajstić information content (AvgIpc) is 3.50. The minimum absolute atomic E-state index is 0.622. The molecule has 5 nitrogen and oxygen atoms in total. The van der Waals surface area contributed by atoms with Crippen molar-refractivity contribution in [3.63, 3.8) is 0 Å². The van der Waals surface area contributed by atoms with E-state index in [9.17, 15) is 0 Å². The van der Waals surface area contributed by atoms with Gasteiger partial charge in [0.15, 0.2) is 17.5 Å². The third-order valence-electron chi connectivity index (χ3n) is 9.25. The fourth-order valence-corrected chi connectivity index (χ4v) is 7.08. The molecule has 3 heterocycles. The Kier molecular flexibility index (Phi) is 5.81. The van der Waals surface area contributed by atoms with Crippen molar-refractivity contribution in [3.05, 3.63) is 158 Å². The van der Waals surface area contributed by atoms with Crippen LogP contribution in [0, 0.1) is 0 Å². The average molecular weight is 615 g/mol. The van der Waals surface area contributed by atoms with Crippen molar-refractivity contribution in [1.82, 2.24) is 19.5 Å². The van der Waals surface area contributed by atoms with Gasteiger partial charge in [-0.2, -0.15) is 0 Å². The lowest BCUT2D eigenvalue weighted by Gasteiger charge is -2.23. The highest BCUT2D eigenvalue weighted by Crippen LogP contribution is 2.49. The standard InChI is InChI=1S/C43H26N4O/c1-3-12-27(13-4-1)41-44-42(28-14-5-2-6-15-28)46-43(45-41)34-23-25-39-40-32(34)18-11-19-33(40)35-26-29(22-24-38(35)48-39)47-36-20-9-7-16-30(36)31-17-8-10-21-37(31)47/h1-26H. The summed E-state index contributed by atoms with van der Waals surface area (Å²) in [6.07, 6.45) is 0. The molecule has 0 atom stereocenters. The molecule has 48 heavy (non-hydrogen) atoms. The van der Waals surface area contributed by atoms with Crippen LogP contribution in [0.3, 0.4) is 0 Å². The topological polar surface area (TPSA) is 52.8 Å². The van der Waals surface area contributed by atoms with Crippen LogP contribution in [-0.2, 0) is 0 Å². The number of para-hydroxylation sites is 2. The molecule has 10 rings (SSSR count). The van der Waals surface area contributed by atoms with E-state index in [1.807, 2.05) is 66.7 Å². The van der Waals surface area contributed by atoms with Gasteiger partial charge in [0.2, 0.25) is 0 Å².